The molecule has 0 bridgehead atoms. The molecule has 0 aliphatic heterocycles. The number of rotatable bonds is 2. The fourth-order valence-electron chi connectivity index (χ4n) is 1.51. The Morgan fingerprint density at radius 3 is 2.82 bits per heavy atom. The summed E-state index contributed by atoms with van der Waals surface area (Å²) in [6.45, 7) is 2.35. The third-order valence-corrected chi connectivity index (χ3v) is 3.03. The van der Waals surface area contributed by atoms with Crippen LogP contribution in [0.1, 0.15) is 11.1 Å². The molecule has 0 atom stereocenters. The van der Waals surface area contributed by atoms with E-state index in [0.717, 1.165) is 11.1 Å². The van der Waals surface area contributed by atoms with Gasteiger partial charge in [0.2, 0.25) is 0 Å². The molecule has 1 aromatic heterocycles. The summed E-state index contributed by atoms with van der Waals surface area (Å²) in [5.41, 5.74) is 1.64. The number of aromatic nitrogens is 2. The van der Waals surface area contributed by atoms with E-state index in [1.54, 1.807) is 6.20 Å². The minimum Gasteiger partial charge on any atom is -0.307 e. The fraction of sp³-hybridized carbons (Fsp3) is 0.167. The second-order valence-corrected chi connectivity index (χ2v) is 4.51. The molecule has 0 spiro atoms. The molecule has 0 aliphatic carbocycles. The van der Waals surface area contributed by atoms with Gasteiger partial charge in [-0.3, -0.25) is 4.79 Å². The van der Waals surface area contributed by atoms with Gasteiger partial charge in [-0.2, -0.15) is 0 Å². The van der Waals surface area contributed by atoms with Crippen LogP contribution in [0.3, 0.4) is 0 Å². The predicted octanol–water partition coefficient (Wildman–Crippen LogP) is 2.91. The second kappa shape index (κ2) is 4.90. The Hall–Kier alpha value is -1.32. The highest BCUT2D eigenvalue weighted by molar-refractivity contribution is 6.31. The van der Waals surface area contributed by atoms with Crippen molar-refractivity contribution >= 4 is 23.2 Å². The van der Waals surface area contributed by atoms with Crippen molar-refractivity contribution in [3.8, 4) is 0 Å². The van der Waals surface area contributed by atoms with Crippen LogP contribution in [0.4, 0.5) is 0 Å². The van der Waals surface area contributed by atoms with Crippen molar-refractivity contribution in [2.75, 3.05) is 0 Å². The summed E-state index contributed by atoms with van der Waals surface area (Å²) in [7, 11) is 0. The minimum absolute atomic E-state index is 0.0317. The molecule has 17 heavy (non-hydrogen) atoms. The van der Waals surface area contributed by atoms with Gasteiger partial charge in [-0.25, -0.2) is 4.98 Å². The van der Waals surface area contributed by atoms with Crippen LogP contribution in [-0.2, 0) is 6.54 Å². The average molecular weight is 269 g/mol. The van der Waals surface area contributed by atoms with Gasteiger partial charge in [0.05, 0.1) is 6.54 Å². The highest BCUT2D eigenvalue weighted by Crippen LogP contribution is 2.18. The summed E-state index contributed by atoms with van der Waals surface area (Å²) in [4.78, 5) is 15.4. The van der Waals surface area contributed by atoms with E-state index < -0.39 is 0 Å². The highest BCUT2D eigenvalue weighted by atomic mass is 35.5. The van der Waals surface area contributed by atoms with Gasteiger partial charge in [0, 0.05) is 17.4 Å². The number of halogens is 2. The van der Waals surface area contributed by atoms with Crippen molar-refractivity contribution in [2.45, 2.75) is 13.5 Å². The van der Waals surface area contributed by atoms with E-state index in [1.165, 1.54) is 10.8 Å². The maximum atomic E-state index is 11.7. The lowest BCUT2D eigenvalue weighted by Gasteiger charge is -2.08. The number of nitrogens with zero attached hydrogens (tertiary/aromatic N) is 2. The summed E-state index contributed by atoms with van der Waals surface area (Å²) in [6.07, 6.45) is 3.08. The lowest BCUT2D eigenvalue weighted by Crippen LogP contribution is -2.21. The first-order valence-corrected chi connectivity index (χ1v) is 5.79. The fourth-order valence-corrected chi connectivity index (χ4v) is 1.97. The summed E-state index contributed by atoms with van der Waals surface area (Å²) >= 11 is 11.8. The lowest BCUT2D eigenvalue weighted by molar-refractivity contribution is 0.748. The summed E-state index contributed by atoms with van der Waals surface area (Å²) in [5.74, 6) is 0. The third-order valence-electron chi connectivity index (χ3n) is 2.42. The van der Waals surface area contributed by atoms with Gasteiger partial charge in [0.25, 0.3) is 5.56 Å². The molecule has 0 radical (unpaired) electrons. The summed E-state index contributed by atoms with van der Waals surface area (Å²) in [5, 5.41) is 0.612. The molecule has 2 aromatic rings. The van der Waals surface area contributed by atoms with E-state index in [9.17, 15) is 4.79 Å². The van der Waals surface area contributed by atoms with Crippen molar-refractivity contribution < 1.29 is 0 Å². The van der Waals surface area contributed by atoms with Crippen LogP contribution in [0.25, 0.3) is 0 Å². The van der Waals surface area contributed by atoms with Gasteiger partial charge in [-0.05, 0) is 24.1 Å². The first kappa shape index (κ1) is 12.1. The van der Waals surface area contributed by atoms with Crippen molar-refractivity contribution in [2.24, 2.45) is 0 Å². The molecule has 0 saturated heterocycles. The zero-order chi connectivity index (χ0) is 12.4. The minimum atomic E-state index is -0.314. The van der Waals surface area contributed by atoms with Crippen molar-refractivity contribution in [3.63, 3.8) is 0 Å². The van der Waals surface area contributed by atoms with E-state index in [2.05, 4.69) is 4.98 Å². The molecule has 1 heterocycles. The molecule has 0 aliphatic rings. The first-order valence-electron chi connectivity index (χ1n) is 5.04. The van der Waals surface area contributed by atoms with E-state index >= 15 is 0 Å². The normalized spacial score (nSPS) is 10.5. The SMILES string of the molecule is Cc1ccc(Cn2ccnc(Cl)c2=O)c(Cl)c1. The maximum Gasteiger partial charge on any atom is 0.288 e. The Bertz CT molecular complexity index is 608. The zero-order valence-corrected chi connectivity index (χ0v) is 10.7. The molecule has 0 fully saturated rings. The smallest absolute Gasteiger partial charge is 0.288 e. The molecular weight excluding hydrogens is 259 g/mol. The monoisotopic (exact) mass is 268 g/mol. The molecule has 3 nitrogen and oxygen atoms in total. The molecule has 88 valence electrons. The van der Waals surface area contributed by atoms with Gasteiger partial charge in [-0.15, -0.1) is 0 Å². The van der Waals surface area contributed by atoms with E-state index in [4.69, 9.17) is 23.2 Å². The molecule has 5 heteroatoms. The average Bonchev–Trinajstić information content (AvgIpc) is 2.28. The number of benzene rings is 1. The number of aryl methyl sites for hydroxylation is 1. The van der Waals surface area contributed by atoms with Crippen LogP contribution in [0.15, 0.2) is 35.4 Å². The van der Waals surface area contributed by atoms with Crippen LogP contribution in [0.5, 0.6) is 0 Å². The number of hydrogen-bond acceptors (Lipinski definition) is 2. The van der Waals surface area contributed by atoms with Crippen LogP contribution in [0, 0.1) is 6.92 Å². The Morgan fingerprint density at radius 2 is 2.12 bits per heavy atom. The Morgan fingerprint density at radius 1 is 1.35 bits per heavy atom. The molecule has 0 unspecified atom stereocenters. The topological polar surface area (TPSA) is 34.9 Å². The van der Waals surface area contributed by atoms with Crippen molar-refractivity contribution in [1.82, 2.24) is 9.55 Å². The molecule has 0 N–H and O–H groups in total. The van der Waals surface area contributed by atoms with E-state index in [1.807, 2.05) is 25.1 Å². The summed E-state index contributed by atoms with van der Waals surface area (Å²) < 4.78 is 1.48. The predicted molar refractivity (Wildman–Crippen MR) is 68.8 cm³/mol. The quantitative estimate of drug-likeness (QED) is 0.840. The van der Waals surface area contributed by atoms with Crippen LogP contribution in [-0.4, -0.2) is 9.55 Å². The number of hydrogen-bond donors (Lipinski definition) is 0. The molecule has 0 saturated carbocycles. The van der Waals surface area contributed by atoms with Crippen molar-refractivity contribution in [3.05, 3.63) is 62.2 Å². The largest absolute Gasteiger partial charge is 0.307 e. The van der Waals surface area contributed by atoms with Gasteiger partial charge >= 0.3 is 0 Å². The highest BCUT2D eigenvalue weighted by Gasteiger charge is 2.05. The van der Waals surface area contributed by atoms with Crippen LogP contribution >= 0.6 is 23.2 Å². The van der Waals surface area contributed by atoms with Gasteiger partial charge in [-0.1, -0.05) is 35.3 Å². The van der Waals surface area contributed by atoms with E-state index in [0.29, 0.717) is 11.6 Å². The molecule has 2 rings (SSSR count). The van der Waals surface area contributed by atoms with E-state index in [-0.39, 0.29) is 10.7 Å². The van der Waals surface area contributed by atoms with Crippen LogP contribution in [0.2, 0.25) is 10.2 Å². The van der Waals surface area contributed by atoms with Crippen molar-refractivity contribution in [1.29, 1.82) is 0 Å². The molecule has 1 aromatic carbocycles. The van der Waals surface area contributed by atoms with Gasteiger partial charge in [0.1, 0.15) is 0 Å². The van der Waals surface area contributed by atoms with Gasteiger partial charge < -0.3 is 4.57 Å². The summed E-state index contributed by atoms with van der Waals surface area (Å²) in [6, 6.07) is 5.72. The zero-order valence-electron chi connectivity index (χ0n) is 9.15. The van der Waals surface area contributed by atoms with Crippen LogP contribution < -0.4 is 5.56 Å². The Labute approximate surface area is 109 Å². The standard InChI is InChI=1S/C12H10Cl2N2O/c1-8-2-3-9(10(13)6-8)7-16-5-4-15-11(14)12(16)17/h2-6H,7H2,1H3. The molecule has 0 amide bonds. The van der Waals surface area contributed by atoms with Gasteiger partial charge in [0.15, 0.2) is 5.15 Å². The lowest BCUT2D eigenvalue weighted by atomic mass is 10.1. The first-order chi connectivity index (χ1) is 8.08. The Balaban J connectivity index is 2.38. The Kier molecular flexibility index (Phi) is 3.50. The maximum absolute atomic E-state index is 11.7. The third kappa shape index (κ3) is 2.68. The molecular formula is C12H10Cl2N2O. The second-order valence-electron chi connectivity index (χ2n) is 3.75.